The average Bonchev–Trinajstić information content (AvgIpc) is 3.25. The van der Waals surface area contributed by atoms with E-state index in [0.29, 0.717) is 18.2 Å². The van der Waals surface area contributed by atoms with E-state index in [1.54, 1.807) is 6.20 Å². The summed E-state index contributed by atoms with van der Waals surface area (Å²) in [6.07, 6.45) is 3.66. The minimum Gasteiger partial charge on any atom is -0.348 e. The first-order chi connectivity index (χ1) is 13.6. The maximum Gasteiger partial charge on any atom is 0.251 e. The van der Waals surface area contributed by atoms with Crippen molar-refractivity contribution in [2.45, 2.75) is 39.9 Å². The van der Waals surface area contributed by atoms with Crippen LogP contribution in [-0.4, -0.2) is 33.2 Å². The molecule has 5 heteroatoms. The van der Waals surface area contributed by atoms with Gasteiger partial charge < -0.3 is 5.32 Å². The topological polar surface area (TPSA) is 50.2 Å². The van der Waals surface area contributed by atoms with Crippen LogP contribution in [0.3, 0.4) is 0 Å². The largest absolute Gasteiger partial charge is 0.348 e. The van der Waals surface area contributed by atoms with Gasteiger partial charge in [0.15, 0.2) is 0 Å². The van der Waals surface area contributed by atoms with Gasteiger partial charge in [0.25, 0.3) is 5.91 Å². The SMILES string of the molecule is CCN(Cc1ccc(C(=O)NCc2ccc(-n3cccn3)cc2)cc1)C(C)C. The third kappa shape index (κ3) is 5.08. The van der Waals surface area contributed by atoms with Crippen LogP contribution in [0.25, 0.3) is 5.69 Å². The third-order valence-corrected chi connectivity index (χ3v) is 4.90. The fourth-order valence-electron chi connectivity index (χ4n) is 3.13. The molecule has 0 fully saturated rings. The summed E-state index contributed by atoms with van der Waals surface area (Å²) in [5, 5.41) is 7.20. The Kier molecular flexibility index (Phi) is 6.61. The standard InChI is InChI=1S/C23H28N4O/c1-4-26(18(2)3)17-20-6-10-21(11-7-20)23(28)24-16-19-8-12-22(13-9-19)27-15-5-14-25-27/h5-15,18H,4,16-17H2,1-3H3,(H,24,28). The van der Waals surface area contributed by atoms with Gasteiger partial charge in [-0.3, -0.25) is 9.69 Å². The zero-order valence-electron chi connectivity index (χ0n) is 16.8. The summed E-state index contributed by atoms with van der Waals surface area (Å²) in [6.45, 7) is 8.98. The molecule has 0 saturated carbocycles. The van der Waals surface area contributed by atoms with Crippen LogP contribution in [0.5, 0.6) is 0 Å². The van der Waals surface area contributed by atoms with Crippen LogP contribution in [0.1, 0.15) is 42.3 Å². The maximum absolute atomic E-state index is 12.4. The predicted molar refractivity (Wildman–Crippen MR) is 112 cm³/mol. The number of hydrogen-bond donors (Lipinski definition) is 1. The molecule has 1 amide bonds. The molecule has 0 aliphatic heterocycles. The first-order valence-corrected chi connectivity index (χ1v) is 9.77. The first-order valence-electron chi connectivity index (χ1n) is 9.77. The zero-order valence-corrected chi connectivity index (χ0v) is 16.8. The lowest BCUT2D eigenvalue weighted by molar-refractivity contribution is 0.0951. The van der Waals surface area contributed by atoms with Gasteiger partial charge in [-0.25, -0.2) is 4.68 Å². The van der Waals surface area contributed by atoms with E-state index in [-0.39, 0.29) is 5.91 Å². The van der Waals surface area contributed by atoms with E-state index in [0.717, 1.165) is 24.3 Å². The Bertz CT molecular complexity index is 868. The minimum atomic E-state index is -0.0566. The molecule has 146 valence electrons. The second-order valence-electron chi connectivity index (χ2n) is 7.15. The van der Waals surface area contributed by atoms with Gasteiger partial charge in [-0.05, 0) is 61.9 Å². The second-order valence-corrected chi connectivity index (χ2v) is 7.15. The molecular formula is C23H28N4O. The van der Waals surface area contributed by atoms with Crippen LogP contribution in [-0.2, 0) is 13.1 Å². The van der Waals surface area contributed by atoms with Gasteiger partial charge in [-0.15, -0.1) is 0 Å². The van der Waals surface area contributed by atoms with Gasteiger partial charge in [-0.1, -0.05) is 31.2 Å². The third-order valence-electron chi connectivity index (χ3n) is 4.90. The number of rotatable bonds is 8. The molecule has 2 aromatic carbocycles. The molecule has 0 radical (unpaired) electrons. The highest BCUT2D eigenvalue weighted by atomic mass is 16.1. The molecule has 0 bridgehead atoms. The Morgan fingerprint density at radius 3 is 2.32 bits per heavy atom. The fraction of sp³-hybridized carbons (Fsp3) is 0.304. The Hall–Kier alpha value is -2.92. The minimum absolute atomic E-state index is 0.0566. The number of carbonyl (C=O) groups is 1. The predicted octanol–water partition coefficient (Wildman–Crippen LogP) is 4.03. The van der Waals surface area contributed by atoms with E-state index in [4.69, 9.17) is 0 Å². The van der Waals surface area contributed by atoms with Crippen molar-refractivity contribution in [2.24, 2.45) is 0 Å². The van der Waals surface area contributed by atoms with Crippen molar-refractivity contribution < 1.29 is 4.79 Å². The molecule has 0 spiro atoms. The summed E-state index contributed by atoms with van der Waals surface area (Å²) in [5.41, 5.74) is 3.96. The number of aromatic nitrogens is 2. The highest BCUT2D eigenvalue weighted by Gasteiger charge is 2.09. The van der Waals surface area contributed by atoms with E-state index >= 15 is 0 Å². The lowest BCUT2D eigenvalue weighted by atomic mass is 10.1. The van der Waals surface area contributed by atoms with Crippen molar-refractivity contribution in [3.63, 3.8) is 0 Å². The Balaban J connectivity index is 1.54. The van der Waals surface area contributed by atoms with E-state index in [9.17, 15) is 4.79 Å². The van der Waals surface area contributed by atoms with Crippen molar-refractivity contribution in [2.75, 3.05) is 6.54 Å². The van der Waals surface area contributed by atoms with Crippen molar-refractivity contribution in [3.8, 4) is 5.69 Å². The van der Waals surface area contributed by atoms with E-state index < -0.39 is 0 Å². The van der Waals surface area contributed by atoms with Gasteiger partial charge in [-0.2, -0.15) is 5.10 Å². The normalized spacial score (nSPS) is 11.2. The molecule has 1 N–H and O–H groups in total. The van der Waals surface area contributed by atoms with Crippen molar-refractivity contribution >= 4 is 5.91 Å². The summed E-state index contributed by atoms with van der Waals surface area (Å²) in [6, 6.07) is 18.3. The highest BCUT2D eigenvalue weighted by Crippen LogP contribution is 2.11. The molecule has 0 unspecified atom stereocenters. The summed E-state index contributed by atoms with van der Waals surface area (Å²) in [7, 11) is 0. The number of hydrogen-bond acceptors (Lipinski definition) is 3. The fourth-order valence-corrected chi connectivity index (χ4v) is 3.13. The smallest absolute Gasteiger partial charge is 0.251 e. The summed E-state index contributed by atoms with van der Waals surface area (Å²) in [5.74, 6) is -0.0566. The number of amides is 1. The Morgan fingerprint density at radius 2 is 1.75 bits per heavy atom. The number of nitrogens with one attached hydrogen (secondary N) is 1. The monoisotopic (exact) mass is 376 g/mol. The Morgan fingerprint density at radius 1 is 1.07 bits per heavy atom. The van der Waals surface area contributed by atoms with Gasteiger partial charge in [0.05, 0.1) is 5.69 Å². The molecule has 0 saturated heterocycles. The molecule has 1 heterocycles. The van der Waals surface area contributed by atoms with E-state index in [2.05, 4.69) is 36.1 Å². The van der Waals surface area contributed by atoms with E-state index in [1.165, 1.54) is 5.56 Å². The lowest BCUT2D eigenvalue weighted by Gasteiger charge is -2.24. The van der Waals surface area contributed by atoms with Crippen LogP contribution in [0.4, 0.5) is 0 Å². The molecule has 5 nitrogen and oxygen atoms in total. The highest BCUT2D eigenvalue weighted by molar-refractivity contribution is 5.94. The molecule has 0 aliphatic carbocycles. The molecule has 0 aliphatic rings. The molecule has 28 heavy (non-hydrogen) atoms. The molecule has 3 aromatic rings. The van der Waals surface area contributed by atoms with E-state index in [1.807, 2.05) is 65.5 Å². The van der Waals surface area contributed by atoms with Crippen molar-refractivity contribution in [3.05, 3.63) is 83.7 Å². The number of carbonyl (C=O) groups excluding carboxylic acids is 1. The Labute approximate surface area is 167 Å². The van der Waals surface area contributed by atoms with Crippen molar-refractivity contribution in [1.29, 1.82) is 0 Å². The van der Waals surface area contributed by atoms with Crippen LogP contribution in [0.15, 0.2) is 67.0 Å². The number of benzene rings is 2. The quantitative estimate of drug-likeness (QED) is 0.646. The van der Waals surface area contributed by atoms with Crippen LogP contribution in [0.2, 0.25) is 0 Å². The summed E-state index contributed by atoms with van der Waals surface area (Å²) < 4.78 is 1.81. The maximum atomic E-state index is 12.4. The molecule has 0 atom stereocenters. The van der Waals surface area contributed by atoms with Crippen molar-refractivity contribution in [1.82, 2.24) is 20.0 Å². The van der Waals surface area contributed by atoms with Gasteiger partial charge in [0, 0.05) is 37.1 Å². The summed E-state index contributed by atoms with van der Waals surface area (Å²) >= 11 is 0. The van der Waals surface area contributed by atoms with Gasteiger partial charge in [0.1, 0.15) is 0 Å². The molecule has 1 aromatic heterocycles. The van der Waals surface area contributed by atoms with Crippen LogP contribution < -0.4 is 5.32 Å². The lowest BCUT2D eigenvalue weighted by Crippen LogP contribution is -2.30. The van der Waals surface area contributed by atoms with Crippen LogP contribution in [0, 0.1) is 0 Å². The average molecular weight is 377 g/mol. The molecule has 3 rings (SSSR count). The molecular weight excluding hydrogens is 348 g/mol. The zero-order chi connectivity index (χ0) is 19.9. The van der Waals surface area contributed by atoms with Gasteiger partial charge >= 0.3 is 0 Å². The number of nitrogens with zero attached hydrogens (tertiary/aromatic N) is 3. The first kappa shape index (κ1) is 19.8. The van der Waals surface area contributed by atoms with Gasteiger partial charge in [0.2, 0.25) is 0 Å². The second kappa shape index (κ2) is 9.33. The summed E-state index contributed by atoms with van der Waals surface area (Å²) in [4.78, 5) is 14.8. The van der Waals surface area contributed by atoms with Crippen LogP contribution >= 0.6 is 0 Å².